The summed E-state index contributed by atoms with van der Waals surface area (Å²) in [6, 6.07) is 0. The molecule has 4 heteroatoms. The lowest BCUT2D eigenvalue weighted by molar-refractivity contribution is -0.889. The van der Waals surface area contributed by atoms with E-state index >= 15 is 0 Å². The molecule has 0 aromatic rings. The van der Waals surface area contributed by atoms with Gasteiger partial charge in [0.25, 0.3) is 0 Å². The monoisotopic (exact) mass is 208 g/mol. The van der Waals surface area contributed by atoms with Gasteiger partial charge in [0.15, 0.2) is 0 Å². The number of rotatable bonds is 7. The molecule has 2 N–H and O–H groups in total. The van der Waals surface area contributed by atoms with E-state index in [-0.39, 0.29) is 19.0 Å². The van der Waals surface area contributed by atoms with Crippen LogP contribution in [0.1, 0.15) is 0 Å². The fraction of sp³-hybridized carbons (Fsp3) is 0.778. The Morgan fingerprint density at radius 2 is 2.00 bits per heavy atom. The fourth-order valence-corrected chi connectivity index (χ4v) is 0.968. The third kappa shape index (κ3) is 9.83. The summed E-state index contributed by atoms with van der Waals surface area (Å²) in [5.41, 5.74) is 0. The van der Waals surface area contributed by atoms with E-state index in [0.29, 0.717) is 0 Å². The number of aliphatic hydroxyl groups is 1. The van der Waals surface area contributed by atoms with E-state index in [4.69, 9.17) is 5.11 Å². The van der Waals surface area contributed by atoms with Gasteiger partial charge in [0, 0.05) is 13.1 Å². The number of aliphatic hydroxyl groups excluding tert-OH is 1. The number of nitrogens with zero attached hydrogens (tertiary/aromatic N) is 1. The van der Waals surface area contributed by atoms with E-state index in [1.807, 2.05) is 6.08 Å². The molecule has 0 spiro atoms. The van der Waals surface area contributed by atoms with Gasteiger partial charge in [-0.3, -0.25) is 0 Å². The van der Waals surface area contributed by atoms with Gasteiger partial charge in [-0.1, -0.05) is 6.08 Å². The van der Waals surface area contributed by atoms with Crippen molar-refractivity contribution in [3.05, 3.63) is 12.7 Å². The minimum absolute atomic E-state index is 0. The standard InChI is InChI=1S/C9H21N2O.ClH/c1-4-5-10-6-7-11(2,3)8-9-12;/h4,10,12H,1,5-9H2,2-3H3;1H/q+1;/p-1. The Bertz CT molecular complexity index is 129. The van der Waals surface area contributed by atoms with Gasteiger partial charge in [-0.2, -0.15) is 0 Å². The minimum atomic E-state index is 0. The summed E-state index contributed by atoms with van der Waals surface area (Å²) in [5.74, 6) is 0. The largest absolute Gasteiger partial charge is 1.00 e. The maximum atomic E-state index is 8.75. The molecule has 0 heterocycles. The quantitative estimate of drug-likeness (QED) is 0.263. The lowest BCUT2D eigenvalue weighted by Crippen LogP contribution is -3.00. The zero-order valence-corrected chi connectivity index (χ0v) is 9.35. The molecule has 0 radical (unpaired) electrons. The average molecular weight is 209 g/mol. The molecule has 80 valence electrons. The van der Waals surface area contributed by atoms with Crippen LogP contribution in [-0.4, -0.2) is 56.5 Å². The average Bonchev–Trinajstić information content (AvgIpc) is 1.98. The van der Waals surface area contributed by atoms with Gasteiger partial charge in [0.05, 0.1) is 27.2 Å². The molecule has 0 unspecified atom stereocenters. The van der Waals surface area contributed by atoms with Gasteiger partial charge in [-0.05, 0) is 0 Å². The molecule has 0 saturated carbocycles. The Hall–Kier alpha value is -0.0900. The van der Waals surface area contributed by atoms with E-state index in [2.05, 4.69) is 26.0 Å². The van der Waals surface area contributed by atoms with Crippen molar-refractivity contribution in [1.29, 1.82) is 0 Å². The summed E-state index contributed by atoms with van der Waals surface area (Å²) < 4.78 is 0.862. The van der Waals surface area contributed by atoms with Crippen LogP contribution in [0.4, 0.5) is 0 Å². The van der Waals surface area contributed by atoms with Gasteiger partial charge in [0.1, 0.15) is 6.54 Å². The van der Waals surface area contributed by atoms with Gasteiger partial charge >= 0.3 is 0 Å². The highest BCUT2D eigenvalue weighted by atomic mass is 35.5. The van der Waals surface area contributed by atoms with Crippen molar-refractivity contribution in [2.45, 2.75) is 0 Å². The first-order valence-corrected chi connectivity index (χ1v) is 4.37. The van der Waals surface area contributed by atoms with Crippen LogP contribution >= 0.6 is 0 Å². The van der Waals surface area contributed by atoms with E-state index < -0.39 is 0 Å². The molecule has 0 aliphatic rings. The number of hydrogen-bond donors (Lipinski definition) is 2. The Balaban J connectivity index is 0. The zero-order valence-electron chi connectivity index (χ0n) is 8.59. The van der Waals surface area contributed by atoms with E-state index in [1.165, 1.54) is 0 Å². The molecule has 0 atom stereocenters. The molecule has 0 saturated heterocycles. The molecule has 0 rings (SSSR count). The van der Waals surface area contributed by atoms with Crippen LogP contribution in [0.2, 0.25) is 0 Å². The third-order valence-corrected chi connectivity index (χ3v) is 1.89. The van der Waals surface area contributed by atoms with Crippen molar-refractivity contribution in [2.75, 3.05) is 46.9 Å². The van der Waals surface area contributed by atoms with Crippen molar-refractivity contribution in [3.63, 3.8) is 0 Å². The highest BCUT2D eigenvalue weighted by Gasteiger charge is 2.12. The normalized spacial score (nSPS) is 10.7. The van der Waals surface area contributed by atoms with Crippen molar-refractivity contribution < 1.29 is 22.0 Å². The summed E-state index contributed by atoms with van der Waals surface area (Å²) >= 11 is 0. The predicted octanol–water partition coefficient (Wildman–Crippen LogP) is -3.17. The zero-order chi connectivity index (χ0) is 9.45. The Morgan fingerprint density at radius 1 is 1.38 bits per heavy atom. The van der Waals surface area contributed by atoms with Crippen LogP contribution in [0.15, 0.2) is 12.7 Å². The Morgan fingerprint density at radius 3 is 2.46 bits per heavy atom. The second-order valence-corrected chi connectivity index (χ2v) is 3.60. The number of hydrogen-bond acceptors (Lipinski definition) is 2. The topological polar surface area (TPSA) is 32.3 Å². The molecule has 0 aromatic carbocycles. The SMILES string of the molecule is C=CCNCC[N+](C)(C)CCO.[Cl-]. The molecule has 0 bridgehead atoms. The molecular weight excluding hydrogens is 188 g/mol. The van der Waals surface area contributed by atoms with E-state index in [0.717, 1.165) is 30.7 Å². The summed E-state index contributed by atoms with van der Waals surface area (Å²) in [5, 5.41) is 12.0. The first kappa shape index (κ1) is 15.4. The summed E-state index contributed by atoms with van der Waals surface area (Å²) in [6.45, 7) is 7.56. The molecule has 0 aromatic heterocycles. The highest BCUT2D eigenvalue weighted by Crippen LogP contribution is 1.93. The molecule has 0 aliphatic carbocycles. The van der Waals surface area contributed by atoms with Crippen molar-refractivity contribution in [2.24, 2.45) is 0 Å². The Labute approximate surface area is 87.4 Å². The summed E-state index contributed by atoms with van der Waals surface area (Å²) in [4.78, 5) is 0. The first-order chi connectivity index (χ1) is 5.62. The smallest absolute Gasteiger partial charge is 0.102 e. The fourth-order valence-electron chi connectivity index (χ4n) is 0.968. The molecule has 0 aliphatic heterocycles. The number of nitrogens with one attached hydrogen (secondary N) is 1. The first-order valence-electron chi connectivity index (χ1n) is 4.37. The highest BCUT2D eigenvalue weighted by molar-refractivity contribution is 4.68. The van der Waals surface area contributed by atoms with Crippen LogP contribution in [0, 0.1) is 0 Å². The van der Waals surface area contributed by atoms with Gasteiger partial charge < -0.3 is 27.3 Å². The molecule has 3 nitrogen and oxygen atoms in total. The van der Waals surface area contributed by atoms with Gasteiger partial charge in [-0.15, -0.1) is 6.58 Å². The predicted molar refractivity (Wildman–Crippen MR) is 52.0 cm³/mol. The summed E-state index contributed by atoms with van der Waals surface area (Å²) in [6.07, 6.45) is 1.85. The van der Waals surface area contributed by atoms with Crippen LogP contribution in [-0.2, 0) is 0 Å². The van der Waals surface area contributed by atoms with Crippen LogP contribution < -0.4 is 17.7 Å². The number of halogens is 1. The molecule has 0 amide bonds. The number of likely N-dealkylation sites (N-methyl/N-ethyl adjacent to an activating group) is 1. The minimum Gasteiger partial charge on any atom is -1.00 e. The second kappa shape index (κ2) is 8.51. The maximum Gasteiger partial charge on any atom is 0.102 e. The van der Waals surface area contributed by atoms with Crippen LogP contribution in [0.25, 0.3) is 0 Å². The molecular formula is C9H21ClN2O. The maximum absolute atomic E-state index is 8.75. The lowest BCUT2D eigenvalue weighted by Gasteiger charge is -2.28. The molecule has 0 fully saturated rings. The van der Waals surface area contributed by atoms with Crippen molar-refractivity contribution in [1.82, 2.24) is 5.32 Å². The van der Waals surface area contributed by atoms with E-state index in [1.54, 1.807) is 0 Å². The molecule has 13 heavy (non-hydrogen) atoms. The van der Waals surface area contributed by atoms with Crippen LogP contribution in [0.3, 0.4) is 0 Å². The van der Waals surface area contributed by atoms with E-state index in [9.17, 15) is 0 Å². The summed E-state index contributed by atoms with van der Waals surface area (Å²) in [7, 11) is 4.23. The van der Waals surface area contributed by atoms with Gasteiger partial charge in [0.2, 0.25) is 0 Å². The Kier molecular flexibility index (Phi) is 10.1. The lowest BCUT2D eigenvalue weighted by atomic mass is 10.4. The third-order valence-electron chi connectivity index (χ3n) is 1.89. The number of quaternary nitrogens is 1. The van der Waals surface area contributed by atoms with Gasteiger partial charge in [-0.25, -0.2) is 0 Å². The van der Waals surface area contributed by atoms with Crippen molar-refractivity contribution >= 4 is 0 Å². The van der Waals surface area contributed by atoms with Crippen LogP contribution in [0.5, 0.6) is 0 Å². The second-order valence-electron chi connectivity index (χ2n) is 3.60. The van der Waals surface area contributed by atoms with Crippen molar-refractivity contribution in [3.8, 4) is 0 Å².